The molecule has 90 valence electrons. The Balaban J connectivity index is 2.10. The lowest BCUT2D eigenvalue weighted by Crippen LogP contribution is -2.30. The van der Waals surface area contributed by atoms with Gasteiger partial charge in [0.25, 0.3) is 0 Å². The molecule has 3 atom stereocenters. The Bertz CT molecular complexity index is 335. The van der Waals surface area contributed by atoms with Crippen molar-refractivity contribution in [3.8, 4) is 0 Å². The van der Waals surface area contributed by atoms with Gasteiger partial charge in [0.05, 0.1) is 12.0 Å². The molecule has 0 aromatic carbocycles. The fourth-order valence-corrected chi connectivity index (χ4v) is 3.23. The molecule has 3 nitrogen and oxygen atoms in total. The molecule has 0 amide bonds. The predicted molar refractivity (Wildman–Crippen MR) is 65.8 cm³/mol. The summed E-state index contributed by atoms with van der Waals surface area (Å²) < 4.78 is 2.05. The smallest absolute Gasteiger partial charge is 0.0946 e. The molecule has 1 aliphatic carbocycles. The van der Waals surface area contributed by atoms with E-state index in [4.69, 9.17) is 5.73 Å². The van der Waals surface area contributed by atoms with Crippen LogP contribution >= 0.6 is 0 Å². The van der Waals surface area contributed by atoms with Crippen molar-refractivity contribution in [1.82, 2.24) is 9.55 Å². The Morgan fingerprint density at radius 3 is 2.44 bits per heavy atom. The molecule has 1 fully saturated rings. The standard InChI is InChI=1S/C13H23N3/c1-9-4-10(2)6-11(5-9)13(14)12-7-15-8-16(12)3/h7-11,13H,4-6,14H2,1-3H3. The molecule has 1 aliphatic rings. The lowest BCUT2D eigenvalue weighted by molar-refractivity contribution is 0.190. The highest BCUT2D eigenvalue weighted by Gasteiger charge is 2.29. The Morgan fingerprint density at radius 2 is 1.94 bits per heavy atom. The van der Waals surface area contributed by atoms with Gasteiger partial charge in [0.15, 0.2) is 0 Å². The van der Waals surface area contributed by atoms with Crippen molar-refractivity contribution >= 4 is 0 Å². The van der Waals surface area contributed by atoms with Crippen LogP contribution in [0.15, 0.2) is 12.5 Å². The molecule has 2 N–H and O–H groups in total. The Morgan fingerprint density at radius 1 is 1.31 bits per heavy atom. The van der Waals surface area contributed by atoms with E-state index in [-0.39, 0.29) is 6.04 Å². The van der Waals surface area contributed by atoms with Crippen LogP contribution in [0.25, 0.3) is 0 Å². The third-order valence-corrected chi connectivity index (χ3v) is 3.92. The van der Waals surface area contributed by atoms with Crippen molar-refractivity contribution in [2.24, 2.45) is 30.5 Å². The molecule has 1 aromatic heterocycles. The van der Waals surface area contributed by atoms with Gasteiger partial charge in [-0.25, -0.2) is 4.98 Å². The first-order valence-corrected chi connectivity index (χ1v) is 6.29. The van der Waals surface area contributed by atoms with Crippen molar-refractivity contribution in [3.05, 3.63) is 18.2 Å². The summed E-state index contributed by atoms with van der Waals surface area (Å²) in [6.07, 6.45) is 7.63. The molecule has 2 rings (SSSR count). The maximum Gasteiger partial charge on any atom is 0.0946 e. The predicted octanol–water partition coefficient (Wildman–Crippen LogP) is 2.49. The molecule has 0 radical (unpaired) electrons. The van der Waals surface area contributed by atoms with E-state index >= 15 is 0 Å². The van der Waals surface area contributed by atoms with E-state index in [0.717, 1.165) is 11.8 Å². The number of nitrogens with zero attached hydrogens (tertiary/aromatic N) is 2. The zero-order valence-corrected chi connectivity index (χ0v) is 10.6. The van der Waals surface area contributed by atoms with E-state index in [1.54, 1.807) is 0 Å². The zero-order valence-electron chi connectivity index (χ0n) is 10.6. The first-order valence-electron chi connectivity index (χ1n) is 6.29. The van der Waals surface area contributed by atoms with Gasteiger partial charge in [0.1, 0.15) is 0 Å². The number of nitrogens with two attached hydrogens (primary N) is 1. The van der Waals surface area contributed by atoms with Crippen LogP contribution in [0.2, 0.25) is 0 Å². The van der Waals surface area contributed by atoms with E-state index in [1.165, 1.54) is 25.0 Å². The topological polar surface area (TPSA) is 43.8 Å². The zero-order chi connectivity index (χ0) is 11.7. The van der Waals surface area contributed by atoms with Gasteiger partial charge >= 0.3 is 0 Å². The molecule has 0 bridgehead atoms. The van der Waals surface area contributed by atoms with Crippen LogP contribution in [-0.2, 0) is 7.05 Å². The molecule has 0 saturated heterocycles. The summed E-state index contributed by atoms with van der Waals surface area (Å²) in [4.78, 5) is 4.16. The van der Waals surface area contributed by atoms with Gasteiger partial charge < -0.3 is 10.3 Å². The maximum atomic E-state index is 6.38. The van der Waals surface area contributed by atoms with Crippen LogP contribution in [0, 0.1) is 17.8 Å². The first-order chi connectivity index (χ1) is 7.58. The Hall–Kier alpha value is -0.830. The summed E-state index contributed by atoms with van der Waals surface area (Å²) >= 11 is 0. The van der Waals surface area contributed by atoms with E-state index in [1.807, 2.05) is 19.6 Å². The summed E-state index contributed by atoms with van der Waals surface area (Å²) in [5, 5.41) is 0. The van der Waals surface area contributed by atoms with Crippen LogP contribution in [0.4, 0.5) is 0 Å². The quantitative estimate of drug-likeness (QED) is 0.834. The number of rotatable bonds is 2. The molecule has 1 saturated carbocycles. The van der Waals surface area contributed by atoms with Crippen molar-refractivity contribution in [2.75, 3.05) is 0 Å². The molecule has 1 aromatic rings. The fraction of sp³-hybridized carbons (Fsp3) is 0.769. The molecular weight excluding hydrogens is 198 g/mol. The van der Waals surface area contributed by atoms with Crippen LogP contribution in [-0.4, -0.2) is 9.55 Å². The summed E-state index contributed by atoms with van der Waals surface area (Å²) in [5.74, 6) is 2.25. The number of imidazole rings is 1. The molecule has 1 heterocycles. The molecule has 3 unspecified atom stereocenters. The second kappa shape index (κ2) is 4.58. The van der Waals surface area contributed by atoms with E-state index in [2.05, 4.69) is 23.4 Å². The van der Waals surface area contributed by atoms with E-state index < -0.39 is 0 Å². The summed E-state index contributed by atoms with van der Waals surface area (Å²) in [6, 6.07) is 0.151. The average Bonchev–Trinajstić information content (AvgIpc) is 2.62. The molecule has 16 heavy (non-hydrogen) atoms. The van der Waals surface area contributed by atoms with Gasteiger partial charge in [0.2, 0.25) is 0 Å². The summed E-state index contributed by atoms with van der Waals surface area (Å²) in [7, 11) is 2.03. The van der Waals surface area contributed by atoms with Gasteiger partial charge in [-0.2, -0.15) is 0 Å². The maximum absolute atomic E-state index is 6.38. The Labute approximate surface area is 98.1 Å². The third kappa shape index (κ3) is 2.29. The van der Waals surface area contributed by atoms with Crippen molar-refractivity contribution in [3.63, 3.8) is 0 Å². The normalized spacial score (nSPS) is 32.6. The second-order valence-corrected chi connectivity index (χ2v) is 5.63. The second-order valence-electron chi connectivity index (χ2n) is 5.63. The van der Waals surface area contributed by atoms with Crippen LogP contribution in [0.5, 0.6) is 0 Å². The van der Waals surface area contributed by atoms with E-state index in [9.17, 15) is 0 Å². The van der Waals surface area contributed by atoms with Crippen LogP contribution < -0.4 is 5.73 Å². The van der Waals surface area contributed by atoms with Crippen LogP contribution in [0.3, 0.4) is 0 Å². The monoisotopic (exact) mass is 221 g/mol. The highest BCUT2D eigenvalue weighted by atomic mass is 15.0. The van der Waals surface area contributed by atoms with E-state index in [0.29, 0.717) is 5.92 Å². The minimum Gasteiger partial charge on any atom is -0.336 e. The highest BCUT2D eigenvalue weighted by molar-refractivity contribution is 5.06. The molecule has 0 spiro atoms. The first kappa shape index (κ1) is 11.6. The molecule has 0 aliphatic heterocycles. The lowest BCUT2D eigenvalue weighted by atomic mass is 9.73. The van der Waals surface area contributed by atoms with Gasteiger partial charge in [-0.3, -0.25) is 0 Å². The van der Waals surface area contributed by atoms with Crippen molar-refractivity contribution < 1.29 is 0 Å². The Kier molecular flexibility index (Phi) is 3.33. The van der Waals surface area contributed by atoms with Gasteiger partial charge in [-0.05, 0) is 37.0 Å². The lowest BCUT2D eigenvalue weighted by Gasteiger charge is -2.34. The summed E-state index contributed by atoms with van der Waals surface area (Å²) in [6.45, 7) is 4.69. The van der Waals surface area contributed by atoms with Gasteiger partial charge in [-0.15, -0.1) is 0 Å². The fourth-order valence-electron chi connectivity index (χ4n) is 3.23. The highest BCUT2D eigenvalue weighted by Crippen LogP contribution is 2.38. The van der Waals surface area contributed by atoms with Crippen LogP contribution in [0.1, 0.15) is 44.8 Å². The largest absolute Gasteiger partial charge is 0.336 e. The molecule has 3 heteroatoms. The number of aryl methyl sites for hydroxylation is 1. The molecular formula is C13H23N3. The average molecular weight is 221 g/mol. The van der Waals surface area contributed by atoms with Gasteiger partial charge in [-0.1, -0.05) is 13.8 Å². The number of aromatic nitrogens is 2. The van der Waals surface area contributed by atoms with Gasteiger partial charge in [0, 0.05) is 19.3 Å². The number of hydrogen-bond donors (Lipinski definition) is 1. The van der Waals surface area contributed by atoms with Crippen molar-refractivity contribution in [1.29, 1.82) is 0 Å². The third-order valence-electron chi connectivity index (χ3n) is 3.92. The minimum absolute atomic E-state index is 0.151. The number of hydrogen-bond acceptors (Lipinski definition) is 2. The van der Waals surface area contributed by atoms with Crippen molar-refractivity contribution in [2.45, 2.75) is 39.2 Å². The SMILES string of the molecule is CC1CC(C)CC(C(N)c2cncn2C)C1. The summed E-state index contributed by atoms with van der Waals surface area (Å²) in [5.41, 5.74) is 7.55. The minimum atomic E-state index is 0.151.